The van der Waals surface area contributed by atoms with Crippen molar-refractivity contribution in [1.29, 1.82) is 0 Å². The van der Waals surface area contributed by atoms with Crippen LogP contribution in [-0.2, 0) is 33.2 Å². The van der Waals surface area contributed by atoms with E-state index >= 15 is 0 Å². The molecule has 0 unspecified atom stereocenters. The summed E-state index contributed by atoms with van der Waals surface area (Å²) in [6.07, 6.45) is 13.6. The Hall–Kier alpha value is -13.1. The molecular weight excluding hydrogens is 1840 g/mol. The Balaban J connectivity index is 0.000000446. The van der Waals surface area contributed by atoms with Gasteiger partial charge in [0.2, 0.25) is 28.4 Å². The number of amides is 4. The maximum absolute atomic E-state index is 12.2. The van der Waals surface area contributed by atoms with Gasteiger partial charge in [-0.05, 0) is 309 Å². The van der Waals surface area contributed by atoms with E-state index < -0.39 is 35.1 Å². The normalized spacial score (nSPS) is 11.8. The van der Waals surface area contributed by atoms with Crippen LogP contribution in [0.25, 0.3) is 0 Å². The molecule has 136 heavy (non-hydrogen) atoms. The summed E-state index contributed by atoms with van der Waals surface area (Å²) in [5, 5.41) is 31.0. The van der Waals surface area contributed by atoms with E-state index in [1.54, 1.807) is 78.8 Å². The first kappa shape index (κ1) is 117. The van der Waals surface area contributed by atoms with E-state index in [4.69, 9.17) is 81.5 Å². The number of hydrogen-bond acceptors (Lipinski definition) is 28. The van der Waals surface area contributed by atoms with Crippen molar-refractivity contribution in [2.45, 2.75) is 180 Å². The number of benzene rings is 7. The minimum absolute atomic E-state index is 0. The van der Waals surface area contributed by atoms with Gasteiger partial charge in [0.15, 0.2) is 0 Å². The first-order valence-corrected chi connectivity index (χ1v) is 43.1. The van der Waals surface area contributed by atoms with Gasteiger partial charge < -0.3 is 85.6 Å². The molecule has 11 aromatic rings. The minimum atomic E-state index is -0.569. The zero-order valence-corrected chi connectivity index (χ0v) is 77.7. The number of anilines is 17. The fourth-order valence-corrected chi connectivity index (χ4v) is 12.2. The van der Waals surface area contributed by atoms with Crippen LogP contribution in [0.4, 0.5) is 112 Å². The van der Waals surface area contributed by atoms with Crippen molar-refractivity contribution >= 4 is 169 Å². The smallest absolute Gasteiger partial charge is 0.412 e. The second-order valence-corrected chi connectivity index (χ2v) is 33.9. The molecule has 0 saturated heterocycles. The molecule has 4 amide bonds. The van der Waals surface area contributed by atoms with E-state index in [0.29, 0.717) is 108 Å². The Morgan fingerprint density at radius 3 is 0.971 bits per heavy atom. The summed E-state index contributed by atoms with van der Waals surface area (Å²) in [7, 11) is 4.93. The maximum Gasteiger partial charge on any atom is 0.412 e. The Kier molecular flexibility index (Phi) is 49.6. The molecule has 7 aromatic carbocycles. The van der Waals surface area contributed by atoms with Gasteiger partial charge in [-0.2, -0.15) is 15.0 Å². The first-order chi connectivity index (χ1) is 61.8. The highest BCUT2D eigenvalue weighted by atomic mass is 79.9. The molecule has 14 rings (SSSR count). The first-order valence-electron chi connectivity index (χ1n) is 41.6. The van der Waals surface area contributed by atoms with Crippen LogP contribution in [0.1, 0.15) is 180 Å². The quantitative estimate of drug-likeness (QED) is 0.00466. The van der Waals surface area contributed by atoms with Crippen molar-refractivity contribution in [3.8, 4) is 17.2 Å². The number of nitrogens with one attached hydrogen (secondary N) is 10. The number of nitrogens with zero attached hydrogens (tertiary/aromatic N) is 8. The lowest BCUT2D eigenvalue weighted by Gasteiger charge is -2.20. The zero-order chi connectivity index (χ0) is 92.5. The molecule has 0 spiro atoms. The molecule has 731 valence electrons. The van der Waals surface area contributed by atoms with Gasteiger partial charge in [-0.1, -0.05) is 75.4 Å². The molecule has 3 aliphatic carbocycles. The van der Waals surface area contributed by atoms with Crippen LogP contribution < -0.4 is 73.1 Å². The summed E-state index contributed by atoms with van der Waals surface area (Å²) >= 11 is 15.1. The highest BCUT2D eigenvalue weighted by Gasteiger charge is 2.31. The average Bonchev–Trinajstić information content (AvgIpc) is 1.66. The van der Waals surface area contributed by atoms with Crippen LogP contribution in [0.15, 0.2) is 212 Å². The summed E-state index contributed by atoms with van der Waals surface area (Å²) in [5.41, 5.74) is 15.2. The van der Waals surface area contributed by atoms with Crippen LogP contribution in [-0.4, -0.2) is 150 Å². The van der Waals surface area contributed by atoms with E-state index in [1.165, 1.54) is 6.08 Å². The van der Waals surface area contributed by atoms with Gasteiger partial charge in [-0.3, -0.25) is 20.7 Å². The van der Waals surface area contributed by atoms with E-state index in [0.717, 1.165) is 124 Å². The third kappa shape index (κ3) is 42.6. The van der Waals surface area contributed by atoms with E-state index in [9.17, 15) is 19.2 Å². The molecule has 0 atom stereocenters. The van der Waals surface area contributed by atoms with Crippen LogP contribution in [0.2, 0.25) is 10.6 Å². The van der Waals surface area contributed by atoms with Crippen LogP contribution >= 0.6 is 39.1 Å². The largest absolute Gasteiger partial charge is 0.491 e. The number of ether oxygens (including phenoxy) is 9. The van der Waals surface area contributed by atoms with Crippen LogP contribution in [0.5, 0.6) is 17.2 Å². The third-order valence-electron chi connectivity index (χ3n) is 17.8. The van der Waals surface area contributed by atoms with Gasteiger partial charge in [0.25, 0.3) is 0 Å². The number of methoxy groups -OCH3 is 3. The van der Waals surface area contributed by atoms with Gasteiger partial charge in [-0.15, -0.1) is 0 Å². The lowest BCUT2D eigenvalue weighted by molar-refractivity contribution is -0.111. The Labute approximate surface area is 822 Å². The number of hydrogen-bond donors (Lipinski definition) is 11. The molecule has 32 nitrogen and oxygen atoms in total. The number of rotatable bonds is 32. The van der Waals surface area contributed by atoms with Crippen molar-refractivity contribution < 1.29 is 61.8 Å². The third-order valence-corrected chi connectivity index (χ3v) is 18.8. The average molecular weight is 1970 g/mol. The van der Waals surface area contributed by atoms with E-state index in [-0.39, 0.29) is 69.4 Å². The van der Waals surface area contributed by atoms with Crippen molar-refractivity contribution in [2.24, 2.45) is 0 Å². The van der Waals surface area contributed by atoms with Crippen molar-refractivity contribution in [2.75, 3.05) is 120 Å². The van der Waals surface area contributed by atoms with E-state index in [2.05, 4.69) is 106 Å². The lowest BCUT2D eigenvalue weighted by atomic mass is 10.2. The van der Waals surface area contributed by atoms with Crippen LogP contribution in [0.3, 0.4) is 0 Å². The standard InChI is InChI=1S/C27H33N5O4.C25H27N5O3.C18H21ClN4O2.C15H16BrClN4O2.C9H13NO2.6CH4.B/c1-27(2,3)36-26(33)31-21-7-5-6-20(16-21)29-24-23(18-8-9-18)17-28-25(32-24)30-19-10-12-22(13-11-19)35-15-14-34-4;1-3-23(31)27-19-5-4-6-20(15-19)28-24-22(17-7-8-17)16-26-25(30-24)29-18-9-11-21(12-10-18)33-14-13-32-2;1-18(2,3)25-17(24)22-13-6-4-5-12(9-13)21-15-14(11-7-8-11)10-20-16(19)23-15;1-15(2,3)23-14(22)20-10-6-4-5-9(7-10)19-12-11(16)8-18-13(17)21-12;1-11-6-7-12-9-4-2-8(10)3-5-9;;;;;;;/h5-7,10-13,16-18H,8-9,14-15H2,1-4H3,(H,31,33)(H2,28,29,30,32);3-6,9-12,15-17H,1,7-8,13-14H2,2H3,(H,27,31)(H2,26,28,29,30);4-6,9-11H,7-8H2,1-3H3,(H,22,24)(H,20,21,23);4-8H,1-3H3,(H,20,22)(H,18,19,21);2-5H,6-7,10H2,1H3;6*1H4;. The summed E-state index contributed by atoms with van der Waals surface area (Å²) in [6, 6.07) is 51.9. The Morgan fingerprint density at radius 2 is 0.662 bits per heavy atom. The molecule has 3 fully saturated rings. The predicted octanol–water partition coefficient (Wildman–Crippen LogP) is 26.0. The monoisotopic (exact) mass is 1970 g/mol. The number of carbonyl (C=O) groups is 4. The molecule has 0 bridgehead atoms. The van der Waals surface area contributed by atoms with E-state index in [1.807, 2.05) is 200 Å². The van der Waals surface area contributed by atoms with Gasteiger partial charge >= 0.3 is 18.3 Å². The fraction of sp³-hybridized carbons (Fsp3) is 0.360. The molecule has 3 aliphatic rings. The number of aromatic nitrogens is 8. The molecule has 4 heterocycles. The summed E-state index contributed by atoms with van der Waals surface area (Å²) in [4.78, 5) is 82.3. The topological polar surface area (TPSA) is 401 Å². The zero-order valence-electron chi connectivity index (χ0n) is 74.7. The fourth-order valence-electron chi connectivity index (χ4n) is 11.6. The lowest BCUT2D eigenvalue weighted by Crippen LogP contribution is -2.27. The number of carbonyl (C=O) groups excluding carboxylic acids is 4. The highest BCUT2D eigenvalue weighted by molar-refractivity contribution is 9.10. The molecule has 12 N–H and O–H groups in total. The van der Waals surface area contributed by atoms with Gasteiger partial charge in [0.1, 0.15) is 77.1 Å². The Bertz CT molecular complexity index is 5520. The number of nitrogen functional groups attached to an aromatic ring is 1. The second kappa shape index (κ2) is 57.6. The van der Waals surface area contributed by atoms with Crippen LogP contribution in [0, 0.1) is 0 Å². The number of nitrogens with two attached hydrogens (primary N) is 1. The SMILES string of the molecule is C.C.C.C.C.C.C=CC(=O)Nc1cccc(Nc2nc(Nc3ccc(OCCOC)cc3)ncc2C2CC2)c1.CC(C)(C)OC(=O)Nc1cccc(Nc2nc(Cl)ncc2Br)c1.CC(C)(C)OC(=O)Nc1cccc(Nc2nc(Cl)ncc2C2CC2)c1.COCCOc1ccc(N)cc1.COCCOc1ccc(Nc2ncc(C3CC3)c(Nc3cccc(NC(=O)OC(C)(C)C)c3)n2)cc1.[B]. The highest BCUT2D eigenvalue weighted by Crippen LogP contribution is 2.46. The molecule has 0 aliphatic heterocycles. The molecular formula is C100H134BBrCl2N19O13. The molecule has 36 heteroatoms. The summed E-state index contributed by atoms with van der Waals surface area (Å²) in [6.45, 7) is 23.1. The van der Waals surface area contributed by atoms with Crippen molar-refractivity contribution in [1.82, 2.24) is 39.9 Å². The summed E-state index contributed by atoms with van der Waals surface area (Å²) in [5.74, 6) is 7.21. The van der Waals surface area contributed by atoms with Gasteiger partial charge in [0, 0.05) is 134 Å². The summed E-state index contributed by atoms with van der Waals surface area (Å²) < 4.78 is 47.9. The molecule has 4 aromatic heterocycles. The molecule has 3 radical (unpaired) electrons. The van der Waals surface area contributed by atoms with Gasteiger partial charge in [-0.25, -0.2) is 39.3 Å². The maximum atomic E-state index is 12.2. The minimum Gasteiger partial charge on any atom is -0.491 e. The number of halogens is 3. The van der Waals surface area contributed by atoms with Gasteiger partial charge in [0.05, 0.1) is 24.3 Å². The van der Waals surface area contributed by atoms with Crippen molar-refractivity contribution in [3.63, 3.8) is 0 Å². The predicted molar refractivity (Wildman–Crippen MR) is 558 cm³/mol. The van der Waals surface area contributed by atoms with Crippen molar-refractivity contribution in [3.05, 3.63) is 239 Å². The molecule has 3 saturated carbocycles. The Morgan fingerprint density at radius 1 is 0.382 bits per heavy atom. The second-order valence-electron chi connectivity index (χ2n) is 32.4.